The monoisotopic (exact) mass is 642 g/mol. The zero-order valence-corrected chi connectivity index (χ0v) is 27.2. The normalized spacial score (nSPS) is 26.2. The summed E-state index contributed by atoms with van der Waals surface area (Å²) in [4.78, 5) is 22.7. The van der Waals surface area contributed by atoms with Gasteiger partial charge in [-0.2, -0.15) is 0 Å². The van der Waals surface area contributed by atoms with Gasteiger partial charge in [0.2, 0.25) is 0 Å². The molecule has 6 atom stereocenters. The van der Waals surface area contributed by atoms with Gasteiger partial charge in [0.25, 0.3) is 0 Å². The van der Waals surface area contributed by atoms with E-state index < -0.39 is 63.1 Å². The number of ether oxygens (including phenoxy) is 2. The van der Waals surface area contributed by atoms with Crippen LogP contribution in [-0.4, -0.2) is 98.9 Å². The maximum absolute atomic E-state index is 12.6. The number of carbonyl (C=O) groups is 1. The summed E-state index contributed by atoms with van der Waals surface area (Å²) in [5.41, 5.74) is 0. The van der Waals surface area contributed by atoms with Crippen molar-refractivity contribution in [2.45, 2.75) is 166 Å². The Bertz CT molecular complexity index is 741. The van der Waals surface area contributed by atoms with Crippen LogP contribution < -0.4 is 0 Å². The van der Waals surface area contributed by atoms with Crippen LogP contribution in [0.3, 0.4) is 0 Å². The fourth-order valence-electron chi connectivity index (χ4n) is 5.00. The number of hydrogen-bond donors (Lipinski definition) is 6. The Labute approximate surface area is 257 Å². The standard InChI is InChI=1S/C30H59O12P/c1-3-5-7-9-11-13-15-17-19-24(31)41-23(21-39-20-18-16-14-12-10-8-6-4-2)22-40-43(37,38)42-30-28(35)26(33)25(32)27(34)29(30)36/h23,25-30,32-36H,3-22H2,1-2H3,(H,37,38). The summed E-state index contributed by atoms with van der Waals surface area (Å²) < 4.78 is 33.6. The minimum absolute atomic E-state index is 0.0715. The third kappa shape index (κ3) is 17.6. The molecule has 0 aliphatic heterocycles. The molecule has 1 fully saturated rings. The van der Waals surface area contributed by atoms with Gasteiger partial charge in [-0.3, -0.25) is 13.8 Å². The molecule has 256 valence electrons. The molecule has 43 heavy (non-hydrogen) atoms. The summed E-state index contributed by atoms with van der Waals surface area (Å²) in [7, 11) is -4.98. The Morgan fingerprint density at radius 2 is 1.09 bits per heavy atom. The number of carbonyl (C=O) groups excluding carboxylic acids is 1. The molecular formula is C30H59O12P. The van der Waals surface area contributed by atoms with Gasteiger partial charge in [-0.25, -0.2) is 4.57 Å². The molecule has 0 aromatic carbocycles. The lowest BCUT2D eigenvalue weighted by Gasteiger charge is -2.41. The van der Waals surface area contributed by atoms with Gasteiger partial charge in [-0.1, -0.05) is 104 Å². The van der Waals surface area contributed by atoms with Crippen molar-refractivity contribution in [3.05, 3.63) is 0 Å². The van der Waals surface area contributed by atoms with Crippen LogP contribution in [0, 0.1) is 0 Å². The van der Waals surface area contributed by atoms with Crippen molar-refractivity contribution in [1.82, 2.24) is 0 Å². The first-order chi connectivity index (χ1) is 20.5. The van der Waals surface area contributed by atoms with Crippen molar-refractivity contribution in [1.29, 1.82) is 0 Å². The molecule has 13 heteroatoms. The summed E-state index contributed by atoms with van der Waals surface area (Å²) >= 11 is 0. The van der Waals surface area contributed by atoms with Crippen LogP contribution in [0.2, 0.25) is 0 Å². The van der Waals surface area contributed by atoms with Gasteiger partial charge < -0.3 is 39.9 Å². The van der Waals surface area contributed by atoms with E-state index in [0.29, 0.717) is 13.0 Å². The molecule has 6 unspecified atom stereocenters. The van der Waals surface area contributed by atoms with Gasteiger partial charge in [-0.05, 0) is 12.8 Å². The Balaban J connectivity index is 2.56. The Hall–Kier alpha value is -0.660. The smallest absolute Gasteiger partial charge is 0.457 e. The molecule has 1 rings (SSSR count). The van der Waals surface area contributed by atoms with Crippen LogP contribution in [0.15, 0.2) is 0 Å². The van der Waals surface area contributed by atoms with E-state index in [1.807, 2.05) is 0 Å². The highest BCUT2D eigenvalue weighted by molar-refractivity contribution is 7.47. The molecule has 0 heterocycles. The van der Waals surface area contributed by atoms with Gasteiger partial charge in [0, 0.05) is 13.0 Å². The molecule has 0 spiro atoms. The average molecular weight is 643 g/mol. The number of phosphoric acid groups is 1. The lowest BCUT2D eigenvalue weighted by atomic mass is 9.85. The predicted molar refractivity (Wildman–Crippen MR) is 161 cm³/mol. The zero-order chi connectivity index (χ0) is 32.1. The van der Waals surface area contributed by atoms with Crippen molar-refractivity contribution < 1.29 is 58.3 Å². The molecule has 1 aliphatic carbocycles. The maximum atomic E-state index is 12.6. The van der Waals surface area contributed by atoms with Gasteiger partial charge in [0.15, 0.2) is 0 Å². The van der Waals surface area contributed by atoms with Crippen molar-refractivity contribution >= 4 is 13.8 Å². The van der Waals surface area contributed by atoms with Crippen LogP contribution in [0.1, 0.15) is 123 Å². The van der Waals surface area contributed by atoms with Crippen LogP contribution in [0.5, 0.6) is 0 Å². The zero-order valence-electron chi connectivity index (χ0n) is 26.3. The number of phosphoric ester groups is 1. The fraction of sp³-hybridized carbons (Fsp3) is 0.967. The summed E-state index contributed by atoms with van der Waals surface area (Å²) in [6, 6.07) is 0. The predicted octanol–water partition coefficient (Wildman–Crippen LogP) is 3.91. The lowest BCUT2D eigenvalue weighted by Crippen LogP contribution is -2.64. The molecule has 0 bridgehead atoms. The number of esters is 1. The SMILES string of the molecule is CCCCCCCCCCOCC(COP(=O)(O)OC1C(O)C(O)C(O)C(O)C1O)OC(=O)CCCCCCCCCC. The molecule has 0 saturated heterocycles. The second-order valence-electron chi connectivity index (χ2n) is 11.7. The third-order valence-electron chi connectivity index (χ3n) is 7.73. The van der Waals surface area contributed by atoms with E-state index in [2.05, 4.69) is 13.8 Å². The minimum atomic E-state index is -4.98. The van der Waals surface area contributed by atoms with Crippen molar-refractivity contribution in [3.63, 3.8) is 0 Å². The molecular weight excluding hydrogens is 583 g/mol. The quantitative estimate of drug-likeness (QED) is 0.0454. The molecule has 0 aromatic heterocycles. The number of aliphatic hydroxyl groups excluding tert-OH is 5. The Morgan fingerprint density at radius 3 is 1.60 bits per heavy atom. The Kier molecular flexibility index (Phi) is 22.2. The molecule has 1 aliphatic rings. The molecule has 6 N–H and O–H groups in total. The van der Waals surface area contributed by atoms with E-state index in [-0.39, 0.29) is 13.0 Å². The first-order valence-corrected chi connectivity index (χ1v) is 17.9. The van der Waals surface area contributed by atoms with E-state index in [0.717, 1.165) is 38.5 Å². The van der Waals surface area contributed by atoms with Crippen LogP contribution >= 0.6 is 7.82 Å². The largest absolute Gasteiger partial charge is 0.472 e. The van der Waals surface area contributed by atoms with Gasteiger partial charge in [0.1, 0.15) is 42.7 Å². The highest BCUT2D eigenvalue weighted by Crippen LogP contribution is 2.47. The number of hydrogen-bond acceptors (Lipinski definition) is 11. The second-order valence-corrected chi connectivity index (χ2v) is 13.1. The molecule has 0 aromatic rings. The molecule has 0 amide bonds. The summed E-state index contributed by atoms with van der Waals surface area (Å²) in [6.45, 7) is 4.14. The maximum Gasteiger partial charge on any atom is 0.472 e. The summed E-state index contributed by atoms with van der Waals surface area (Å²) in [6.07, 6.45) is 5.15. The fourth-order valence-corrected chi connectivity index (χ4v) is 5.97. The van der Waals surface area contributed by atoms with E-state index in [4.69, 9.17) is 18.5 Å². The van der Waals surface area contributed by atoms with Gasteiger partial charge in [0.05, 0.1) is 13.2 Å². The number of rotatable bonds is 26. The van der Waals surface area contributed by atoms with Gasteiger partial charge in [-0.15, -0.1) is 0 Å². The highest BCUT2D eigenvalue weighted by Gasteiger charge is 2.51. The lowest BCUT2D eigenvalue weighted by molar-refractivity contribution is -0.220. The first kappa shape index (κ1) is 40.4. The van der Waals surface area contributed by atoms with Crippen molar-refractivity contribution in [2.24, 2.45) is 0 Å². The second kappa shape index (κ2) is 23.6. The highest BCUT2D eigenvalue weighted by atomic mass is 31.2. The first-order valence-electron chi connectivity index (χ1n) is 16.4. The van der Waals surface area contributed by atoms with E-state index in [1.54, 1.807) is 0 Å². The average Bonchev–Trinajstić information content (AvgIpc) is 2.98. The molecule has 0 radical (unpaired) electrons. The minimum Gasteiger partial charge on any atom is -0.457 e. The van der Waals surface area contributed by atoms with E-state index in [9.17, 15) is 39.8 Å². The summed E-state index contributed by atoms with van der Waals surface area (Å²) in [5, 5.41) is 49.6. The number of unbranched alkanes of at least 4 members (excludes halogenated alkanes) is 14. The van der Waals surface area contributed by atoms with Crippen LogP contribution in [0.25, 0.3) is 0 Å². The molecule has 12 nitrogen and oxygen atoms in total. The van der Waals surface area contributed by atoms with Gasteiger partial charge >= 0.3 is 13.8 Å². The molecule has 1 saturated carbocycles. The van der Waals surface area contributed by atoms with Crippen molar-refractivity contribution in [3.8, 4) is 0 Å². The van der Waals surface area contributed by atoms with Crippen LogP contribution in [-0.2, 0) is 27.9 Å². The topological polar surface area (TPSA) is 192 Å². The Morgan fingerprint density at radius 1 is 0.651 bits per heavy atom. The number of aliphatic hydroxyl groups is 5. The van der Waals surface area contributed by atoms with Crippen molar-refractivity contribution in [2.75, 3.05) is 19.8 Å². The van der Waals surface area contributed by atoms with E-state index >= 15 is 0 Å². The summed E-state index contributed by atoms with van der Waals surface area (Å²) in [5.74, 6) is -0.484. The van der Waals surface area contributed by atoms with E-state index in [1.165, 1.54) is 57.8 Å². The third-order valence-corrected chi connectivity index (χ3v) is 8.72. The van der Waals surface area contributed by atoms with Crippen LogP contribution in [0.4, 0.5) is 0 Å².